The number of nitro benzene ring substituents is 1. The number of aliphatic hydroxyl groups excluding tert-OH is 1. The SMILES string of the molecule is CC(O)c1ccccc1NCc1cc(Br)ccc1[N+](=O)[O-]. The number of hydrogen-bond donors (Lipinski definition) is 2. The van der Waals surface area contributed by atoms with E-state index in [4.69, 9.17) is 0 Å². The minimum Gasteiger partial charge on any atom is -0.389 e. The predicted octanol–water partition coefficient (Wildman–Crippen LogP) is 4.02. The largest absolute Gasteiger partial charge is 0.389 e. The molecule has 2 N–H and O–H groups in total. The molecular weight excluding hydrogens is 336 g/mol. The fourth-order valence-corrected chi connectivity index (χ4v) is 2.50. The first-order valence-electron chi connectivity index (χ1n) is 6.42. The number of nitrogens with zero attached hydrogens (tertiary/aromatic N) is 1. The van der Waals surface area contributed by atoms with Gasteiger partial charge in [0.15, 0.2) is 0 Å². The maximum atomic E-state index is 11.0. The van der Waals surface area contributed by atoms with Crippen LogP contribution in [0.4, 0.5) is 11.4 Å². The first kappa shape index (κ1) is 15.5. The third kappa shape index (κ3) is 3.80. The maximum Gasteiger partial charge on any atom is 0.274 e. The fourth-order valence-electron chi connectivity index (χ4n) is 2.09. The Morgan fingerprint density at radius 3 is 2.71 bits per heavy atom. The van der Waals surface area contributed by atoms with Crippen molar-refractivity contribution in [3.05, 3.63) is 68.2 Å². The van der Waals surface area contributed by atoms with E-state index >= 15 is 0 Å². The third-order valence-electron chi connectivity index (χ3n) is 3.12. The second-order valence-electron chi connectivity index (χ2n) is 4.65. The van der Waals surface area contributed by atoms with Crippen LogP contribution in [0.2, 0.25) is 0 Å². The molecule has 5 nitrogen and oxygen atoms in total. The zero-order valence-corrected chi connectivity index (χ0v) is 13.0. The van der Waals surface area contributed by atoms with Gasteiger partial charge in [-0.1, -0.05) is 34.1 Å². The van der Waals surface area contributed by atoms with E-state index in [0.29, 0.717) is 12.1 Å². The molecule has 0 aromatic heterocycles. The van der Waals surface area contributed by atoms with Gasteiger partial charge in [-0.25, -0.2) is 0 Å². The Morgan fingerprint density at radius 1 is 1.33 bits per heavy atom. The standard InChI is InChI=1S/C15H15BrN2O3/c1-10(19)13-4-2-3-5-14(13)17-9-11-8-12(16)6-7-15(11)18(20)21/h2-8,10,17,19H,9H2,1H3. The van der Waals surface area contributed by atoms with E-state index in [1.165, 1.54) is 6.07 Å². The quantitative estimate of drug-likeness (QED) is 0.630. The van der Waals surface area contributed by atoms with Gasteiger partial charge in [0.2, 0.25) is 0 Å². The molecule has 0 saturated heterocycles. The van der Waals surface area contributed by atoms with Crippen LogP contribution < -0.4 is 5.32 Å². The van der Waals surface area contributed by atoms with Gasteiger partial charge in [0.25, 0.3) is 5.69 Å². The van der Waals surface area contributed by atoms with Crippen LogP contribution in [0, 0.1) is 10.1 Å². The summed E-state index contributed by atoms with van der Waals surface area (Å²) in [5.74, 6) is 0. The highest BCUT2D eigenvalue weighted by Gasteiger charge is 2.14. The van der Waals surface area contributed by atoms with Gasteiger partial charge >= 0.3 is 0 Å². The van der Waals surface area contributed by atoms with Crippen LogP contribution in [-0.4, -0.2) is 10.0 Å². The van der Waals surface area contributed by atoms with Gasteiger partial charge in [0, 0.05) is 33.9 Å². The Balaban J connectivity index is 2.25. The Labute approximate surface area is 130 Å². The van der Waals surface area contributed by atoms with Gasteiger partial charge in [0.1, 0.15) is 0 Å². The number of benzene rings is 2. The second-order valence-corrected chi connectivity index (χ2v) is 5.56. The number of nitro groups is 1. The molecule has 0 aliphatic rings. The van der Waals surface area contributed by atoms with Crippen molar-refractivity contribution in [2.24, 2.45) is 0 Å². The first-order chi connectivity index (χ1) is 9.99. The van der Waals surface area contributed by atoms with Crippen molar-refractivity contribution in [2.75, 3.05) is 5.32 Å². The topological polar surface area (TPSA) is 75.4 Å². The normalized spacial score (nSPS) is 12.0. The molecule has 1 atom stereocenters. The highest BCUT2D eigenvalue weighted by molar-refractivity contribution is 9.10. The fraction of sp³-hybridized carbons (Fsp3) is 0.200. The lowest BCUT2D eigenvalue weighted by atomic mass is 10.1. The molecule has 2 rings (SSSR count). The molecule has 0 fully saturated rings. The number of anilines is 1. The zero-order chi connectivity index (χ0) is 15.4. The smallest absolute Gasteiger partial charge is 0.274 e. The molecule has 21 heavy (non-hydrogen) atoms. The highest BCUT2D eigenvalue weighted by Crippen LogP contribution is 2.26. The molecule has 0 saturated carbocycles. The summed E-state index contributed by atoms with van der Waals surface area (Å²) in [4.78, 5) is 10.6. The third-order valence-corrected chi connectivity index (χ3v) is 3.61. The summed E-state index contributed by atoms with van der Waals surface area (Å²) in [6, 6.07) is 12.2. The van der Waals surface area contributed by atoms with Gasteiger partial charge in [-0.3, -0.25) is 10.1 Å². The molecule has 0 bridgehead atoms. The first-order valence-corrected chi connectivity index (χ1v) is 7.22. The zero-order valence-electron chi connectivity index (χ0n) is 11.4. The van der Waals surface area contributed by atoms with Crippen LogP contribution in [0.3, 0.4) is 0 Å². The van der Waals surface area contributed by atoms with Gasteiger partial charge in [-0.05, 0) is 25.1 Å². The summed E-state index contributed by atoms with van der Waals surface area (Å²) in [6.07, 6.45) is -0.605. The highest BCUT2D eigenvalue weighted by atomic mass is 79.9. The predicted molar refractivity (Wildman–Crippen MR) is 85.2 cm³/mol. The molecule has 0 heterocycles. The van der Waals surface area contributed by atoms with E-state index in [1.54, 1.807) is 19.1 Å². The summed E-state index contributed by atoms with van der Waals surface area (Å²) >= 11 is 3.32. The van der Waals surface area contributed by atoms with E-state index in [9.17, 15) is 15.2 Å². The molecular formula is C15H15BrN2O3. The molecule has 0 aliphatic heterocycles. The van der Waals surface area contributed by atoms with Gasteiger partial charge in [0.05, 0.1) is 11.0 Å². The van der Waals surface area contributed by atoms with Gasteiger partial charge in [-0.2, -0.15) is 0 Å². The molecule has 0 aliphatic carbocycles. The Morgan fingerprint density at radius 2 is 2.05 bits per heavy atom. The van der Waals surface area contributed by atoms with E-state index in [0.717, 1.165) is 15.7 Å². The number of nitrogens with one attached hydrogen (secondary N) is 1. The lowest BCUT2D eigenvalue weighted by Crippen LogP contribution is -2.06. The van der Waals surface area contributed by atoms with Crippen molar-refractivity contribution in [2.45, 2.75) is 19.6 Å². The lowest BCUT2D eigenvalue weighted by Gasteiger charge is -2.14. The van der Waals surface area contributed by atoms with Crippen LogP contribution in [0.5, 0.6) is 0 Å². The molecule has 0 amide bonds. The van der Waals surface area contributed by atoms with Crippen LogP contribution in [0.25, 0.3) is 0 Å². The van der Waals surface area contributed by atoms with Crippen LogP contribution in [-0.2, 0) is 6.54 Å². The number of rotatable bonds is 5. The molecule has 2 aromatic carbocycles. The van der Waals surface area contributed by atoms with Crippen LogP contribution in [0.1, 0.15) is 24.2 Å². The van der Waals surface area contributed by atoms with E-state index in [-0.39, 0.29) is 5.69 Å². The summed E-state index contributed by atoms with van der Waals surface area (Å²) in [5, 5.41) is 23.9. The monoisotopic (exact) mass is 350 g/mol. The minimum atomic E-state index is -0.605. The lowest BCUT2D eigenvalue weighted by molar-refractivity contribution is -0.385. The number of para-hydroxylation sites is 1. The summed E-state index contributed by atoms with van der Waals surface area (Å²) < 4.78 is 0.786. The van der Waals surface area contributed by atoms with Crippen molar-refractivity contribution in [3.63, 3.8) is 0 Å². The molecule has 0 spiro atoms. The molecule has 2 aromatic rings. The van der Waals surface area contributed by atoms with Crippen molar-refractivity contribution in [1.29, 1.82) is 0 Å². The Hall–Kier alpha value is -1.92. The van der Waals surface area contributed by atoms with E-state index in [2.05, 4.69) is 21.2 Å². The van der Waals surface area contributed by atoms with Crippen molar-refractivity contribution in [1.82, 2.24) is 0 Å². The van der Waals surface area contributed by atoms with Crippen LogP contribution in [0.15, 0.2) is 46.9 Å². The van der Waals surface area contributed by atoms with Crippen molar-refractivity contribution >= 4 is 27.3 Å². The number of hydrogen-bond acceptors (Lipinski definition) is 4. The van der Waals surface area contributed by atoms with E-state index in [1.807, 2.05) is 24.3 Å². The van der Waals surface area contributed by atoms with Crippen molar-refractivity contribution in [3.8, 4) is 0 Å². The van der Waals surface area contributed by atoms with Gasteiger partial charge < -0.3 is 10.4 Å². The van der Waals surface area contributed by atoms with Gasteiger partial charge in [-0.15, -0.1) is 0 Å². The summed E-state index contributed by atoms with van der Waals surface area (Å²) in [6.45, 7) is 1.99. The summed E-state index contributed by atoms with van der Waals surface area (Å²) in [7, 11) is 0. The van der Waals surface area contributed by atoms with Crippen LogP contribution >= 0.6 is 15.9 Å². The second kappa shape index (κ2) is 6.69. The molecule has 6 heteroatoms. The number of aliphatic hydroxyl groups is 1. The molecule has 0 radical (unpaired) electrons. The molecule has 110 valence electrons. The number of halogens is 1. The summed E-state index contributed by atoms with van der Waals surface area (Å²) in [5.41, 5.74) is 2.17. The molecule has 1 unspecified atom stereocenters. The van der Waals surface area contributed by atoms with E-state index < -0.39 is 11.0 Å². The maximum absolute atomic E-state index is 11.0. The Kier molecular flexibility index (Phi) is 4.93. The van der Waals surface area contributed by atoms with Crippen molar-refractivity contribution < 1.29 is 10.0 Å². The minimum absolute atomic E-state index is 0.0697. The average molecular weight is 351 g/mol. The average Bonchev–Trinajstić information content (AvgIpc) is 2.45. The Bertz CT molecular complexity index is 659.